The quantitative estimate of drug-likeness (QED) is 0.431. The lowest BCUT2D eigenvalue weighted by Crippen LogP contribution is -2.54. The molecular formula is C26H31Cl2F6N3O. The number of rotatable bonds is 4. The Kier molecular flexibility index (Phi) is 10.9. The normalized spacial score (nSPS) is 21.2. The Morgan fingerprint density at radius 2 is 1.45 bits per heavy atom. The van der Waals surface area contributed by atoms with Crippen LogP contribution < -0.4 is 5.32 Å². The van der Waals surface area contributed by atoms with Crippen molar-refractivity contribution in [3.63, 3.8) is 0 Å². The van der Waals surface area contributed by atoms with Crippen molar-refractivity contribution in [2.45, 2.75) is 49.6 Å². The van der Waals surface area contributed by atoms with Crippen molar-refractivity contribution in [3.8, 4) is 0 Å². The van der Waals surface area contributed by atoms with Crippen molar-refractivity contribution in [3.05, 3.63) is 70.8 Å². The Hall–Kier alpha value is -2.01. The number of nitrogens with one attached hydrogen (secondary N) is 1. The molecule has 2 aromatic carbocycles. The number of carbonyl (C=O) groups excluding carboxylic acids is 1. The molecule has 2 saturated heterocycles. The average Bonchev–Trinajstić information content (AvgIpc) is 2.87. The molecule has 1 amide bonds. The van der Waals surface area contributed by atoms with Crippen LogP contribution in [0, 0.1) is 0 Å². The molecule has 0 bridgehead atoms. The Balaban J connectivity index is 0.00000253. The molecule has 38 heavy (non-hydrogen) atoms. The molecule has 0 aromatic heterocycles. The molecule has 1 N–H and O–H groups in total. The second-order valence-electron chi connectivity index (χ2n) is 9.56. The summed E-state index contributed by atoms with van der Waals surface area (Å²) in [5.74, 6) is -0.982. The molecule has 2 aliphatic rings. The second-order valence-corrected chi connectivity index (χ2v) is 9.56. The number of hydrogen-bond donors (Lipinski definition) is 1. The molecule has 212 valence electrons. The van der Waals surface area contributed by atoms with E-state index in [4.69, 9.17) is 0 Å². The third-order valence-corrected chi connectivity index (χ3v) is 7.31. The van der Waals surface area contributed by atoms with Gasteiger partial charge >= 0.3 is 12.4 Å². The number of amides is 1. The van der Waals surface area contributed by atoms with Gasteiger partial charge in [-0.3, -0.25) is 9.69 Å². The second kappa shape index (κ2) is 12.9. The maximum Gasteiger partial charge on any atom is 0.416 e. The third kappa shape index (κ3) is 7.34. The van der Waals surface area contributed by atoms with Gasteiger partial charge in [0.2, 0.25) is 0 Å². The van der Waals surface area contributed by atoms with Gasteiger partial charge in [0, 0.05) is 43.7 Å². The van der Waals surface area contributed by atoms with Crippen LogP contribution >= 0.6 is 24.8 Å². The molecule has 0 saturated carbocycles. The number of hydrogen-bond acceptors (Lipinski definition) is 3. The molecule has 0 aliphatic carbocycles. The van der Waals surface area contributed by atoms with E-state index in [-0.39, 0.29) is 42.8 Å². The SMILES string of the molecule is CN(C(=O)c1cc(C(F)(F)F)cc(C(F)(F)F)c1)C1CCN(C2CCNCC2)CC1c1ccccc1.Cl.Cl. The zero-order valence-corrected chi connectivity index (χ0v) is 22.3. The molecule has 2 aliphatic heterocycles. The van der Waals surface area contributed by atoms with Crippen molar-refractivity contribution < 1.29 is 31.1 Å². The Bertz CT molecular complexity index is 1030. The van der Waals surface area contributed by atoms with Gasteiger partial charge in [-0.05, 0) is 56.1 Å². The van der Waals surface area contributed by atoms with Crippen LogP contribution in [0.15, 0.2) is 48.5 Å². The van der Waals surface area contributed by atoms with E-state index in [0.29, 0.717) is 37.7 Å². The lowest BCUT2D eigenvalue weighted by atomic mass is 9.83. The van der Waals surface area contributed by atoms with E-state index in [9.17, 15) is 31.1 Å². The standard InChI is InChI=1S/C26H29F6N3O.2ClH/c1-34(24(36)18-13-19(25(27,28)29)15-20(14-18)26(30,31)32)23-9-12-35(21-7-10-33-11-8-21)16-22(23)17-5-3-2-4-6-17;;/h2-6,13-15,21-23,33H,7-12,16H2,1H3;2*1H. The number of carbonyl (C=O) groups is 1. The van der Waals surface area contributed by atoms with Crippen molar-refractivity contribution in [1.29, 1.82) is 0 Å². The summed E-state index contributed by atoms with van der Waals surface area (Å²) in [5, 5.41) is 3.35. The fourth-order valence-electron chi connectivity index (χ4n) is 5.39. The van der Waals surface area contributed by atoms with Crippen molar-refractivity contribution in [1.82, 2.24) is 15.1 Å². The molecule has 4 nitrogen and oxygen atoms in total. The minimum Gasteiger partial charge on any atom is -0.338 e. The first-order chi connectivity index (χ1) is 16.9. The van der Waals surface area contributed by atoms with Crippen LogP contribution in [0.25, 0.3) is 0 Å². The molecule has 2 heterocycles. The highest BCUT2D eigenvalue weighted by atomic mass is 35.5. The zero-order valence-electron chi connectivity index (χ0n) is 20.7. The molecule has 2 aromatic rings. The Morgan fingerprint density at radius 1 is 0.895 bits per heavy atom. The summed E-state index contributed by atoms with van der Waals surface area (Å²) in [6, 6.07) is 10.6. The fourth-order valence-corrected chi connectivity index (χ4v) is 5.39. The third-order valence-electron chi connectivity index (χ3n) is 7.31. The minimum absolute atomic E-state index is 0. The average molecular weight is 586 g/mol. The summed E-state index contributed by atoms with van der Waals surface area (Å²) >= 11 is 0. The lowest BCUT2D eigenvalue weighted by molar-refractivity contribution is -0.143. The fraction of sp³-hybridized carbons (Fsp3) is 0.500. The molecular weight excluding hydrogens is 555 g/mol. The van der Waals surface area contributed by atoms with Gasteiger partial charge in [-0.1, -0.05) is 30.3 Å². The monoisotopic (exact) mass is 585 g/mol. The molecule has 4 rings (SSSR count). The van der Waals surface area contributed by atoms with Crippen LogP contribution in [0.4, 0.5) is 26.3 Å². The highest BCUT2D eigenvalue weighted by molar-refractivity contribution is 5.95. The van der Waals surface area contributed by atoms with E-state index in [1.54, 1.807) is 0 Å². The van der Waals surface area contributed by atoms with E-state index in [1.165, 1.54) is 11.9 Å². The smallest absolute Gasteiger partial charge is 0.338 e. The number of likely N-dealkylation sites (tertiary alicyclic amines) is 1. The highest BCUT2D eigenvalue weighted by Gasteiger charge is 2.40. The number of piperidine rings is 2. The summed E-state index contributed by atoms with van der Waals surface area (Å²) in [4.78, 5) is 17.1. The predicted molar refractivity (Wildman–Crippen MR) is 138 cm³/mol. The van der Waals surface area contributed by atoms with Gasteiger partial charge in [-0.2, -0.15) is 26.3 Å². The van der Waals surface area contributed by atoms with Gasteiger partial charge in [0.15, 0.2) is 0 Å². The van der Waals surface area contributed by atoms with Crippen LogP contribution in [0.3, 0.4) is 0 Å². The molecule has 12 heteroatoms. The van der Waals surface area contributed by atoms with Gasteiger partial charge < -0.3 is 10.2 Å². The summed E-state index contributed by atoms with van der Waals surface area (Å²) in [6.45, 7) is 3.21. The molecule has 0 spiro atoms. The molecule has 2 atom stereocenters. The van der Waals surface area contributed by atoms with Crippen LogP contribution in [-0.2, 0) is 12.4 Å². The topological polar surface area (TPSA) is 35.6 Å². The first kappa shape index (κ1) is 32.2. The van der Waals surface area contributed by atoms with Crippen LogP contribution in [-0.4, -0.2) is 61.0 Å². The Labute approximate surface area is 230 Å². The number of benzene rings is 2. The van der Waals surface area contributed by atoms with Gasteiger partial charge in [0.05, 0.1) is 11.1 Å². The van der Waals surface area contributed by atoms with Crippen molar-refractivity contribution in [2.24, 2.45) is 0 Å². The highest BCUT2D eigenvalue weighted by Crippen LogP contribution is 2.38. The molecule has 0 radical (unpaired) electrons. The van der Waals surface area contributed by atoms with E-state index in [0.717, 1.165) is 31.5 Å². The van der Waals surface area contributed by atoms with Crippen LogP contribution in [0.5, 0.6) is 0 Å². The van der Waals surface area contributed by atoms with Gasteiger partial charge in [-0.25, -0.2) is 0 Å². The van der Waals surface area contributed by atoms with Crippen molar-refractivity contribution >= 4 is 30.7 Å². The Morgan fingerprint density at radius 3 is 1.97 bits per heavy atom. The first-order valence-electron chi connectivity index (χ1n) is 12.0. The summed E-state index contributed by atoms with van der Waals surface area (Å²) < 4.78 is 80.1. The molecule has 2 unspecified atom stereocenters. The maximum absolute atomic E-state index is 13.4. The van der Waals surface area contributed by atoms with E-state index < -0.39 is 35.0 Å². The van der Waals surface area contributed by atoms with Gasteiger partial charge in [0.25, 0.3) is 5.91 Å². The first-order valence-corrected chi connectivity index (χ1v) is 12.0. The summed E-state index contributed by atoms with van der Waals surface area (Å²) in [6.07, 6.45) is -7.45. The summed E-state index contributed by atoms with van der Waals surface area (Å²) in [7, 11) is 1.47. The van der Waals surface area contributed by atoms with Crippen LogP contribution in [0.1, 0.15) is 52.2 Å². The largest absolute Gasteiger partial charge is 0.416 e. The number of alkyl halides is 6. The van der Waals surface area contributed by atoms with E-state index >= 15 is 0 Å². The zero-order chi connectivity index (χ0) is 26.1. The molecule has 2 fully saturated rings. The van der Waals surface area contributed by atoms with Crippen molar-refractivity contribution in [2.75, 3.05) is 33.2 Å². The number of nitrogens with zero attached hydrogens (tertiary/aromatic N) is 2. The number of likely N-dealkylation sites (N-methyl/N-ethyl adjacent to an activating group) is 1. The summed E-state index contributed by atoms with van der Waals surface area (Å²) in [5.41, 5.74) is -2.61. The van der Waals surface area contributed by atoms with E-state index in [1.807, 2.05) is 30.3 Å². The van der Waals surface area contributed by atoms with Gasteiger partial charge in [0.1, 0.15) is 0 Å². The van der Waals surface area contributed by atoms with Gasteiger partial charge in [-0.15, -0.1) is 24.8 Å². The lowest BCUT2D eigenvalue weighted by Gasteiger charge is -2.46. The van der Waals surface area contributed by atoms with E-state index in [2.05, 4.69) is 10.2 Å². The van der Waals surface area contributed by atoms with Crippen LogP contribution in [0.2, 0.25) is 0 Å². The maximum atomic E-state index is 13.4. The number of halogens is 8. The predicted octanol–water partition coefficient (Wildman–Crippen LogP) is 6.25. The minimum atomic E-state index is -5.01.